The highest BCUT2D eigenvalue weighted by molar-refractivity contribution is 5.77. The van der Waals surface area contributed by atoms with Gasteiger partial charge in [-0.05, 0) is 24.5 Å². The fourth-order valence-electron chi connectivity index (χ4n) is 2.45. The first-order chi connectivity index (χ1) is 10.6. The number of carbonyl (C=O) groups excluding carboxylic acids is 1. The molecule has 112 valence electrons. The lowest BCUT2D eigenvalue weighted by atomic mass is 10.2. The van der Waals surface area contributed by atoms with Gasteiger partial charge in [-0.3, -0.25) is 14.2 Å². The van der Waals surface area contributed by atoms with Crippen LogP contribution >= 0.6 is 0 Å². The van der Waals surface area contributed by atoms with E-state index in [4.69, 9.17) is 10.00 Å². The number of ether oxygens (including phenoxy) is 1. The summed E-state index contributed by atoms with van der Waals surface area (Å²) in [4.78, 5) is 28.6. The number of rotatable bonds is 4. The number of fused-ring (bicyclic) bond motifs is 1. The highest BCUT2D eigenvalue weighted by Crippen LogP contribution is 2.38. The van der Waals surface area contributed by atoms with E-state index in [2.05, 4.69) is 4.98 Å². The van der Waals surface area contributed by atoms with Crippen LogP contribution in [0.2, 0.25) is 0 Å². The van der Waals surface area contributed by atoms with Gasteiger partial charge in [-0.2, -0.15) is 5.26 Å². The predicted molar refractivity (Wildman–Crippen MR) is 78.7 cm³/mol. The third-order valence-corrected chi connectivity index (χ3v) is 3.93. The Morgan fingerprint density at radius 3 is 2.91 bits per heavy atom. The largest absolute Gasteiger partial charge is 0.457 e. The molecule has 22 heavy (non-hydrogen) atoms. The summed E-state index contributed by atoms with van der Waals surface area (Å²) in [6.07, 6.45) is 0.842. The Morgan fingerprint density at radius 1 is 1.50 bits per heavy atom. The van der Waals surface area contributed by atoms with E-state index >= 15 is 0 Å². The van der Waals surface area contributed by atoms with E-state index < -0.39 is 0 Å². The van der Waals surface area contributed by atoms with Crippen LogP contribution in [0, 0.1) is 23.2 Å². The maximum Gasteiger partial charge on any atom is 0.309 e. The molecule has 0 amide bonds. The van der Waals surface area contributed by atoms with Crippen molar-refractivity contribution >= 4 is 16.9 Å². The number of esters is 1. The van der Waals surface area contributed by atoms with Crippen molar-refractivity contribution < 1.29 is 9.53 Å². The van der Waals surface area contributed by atoms with Gasteiger partial charge in [0.1, 0.15) is 13.2 Å². The minimum atomic E-state index is -0.294. The van der Waals surface area contributed by atoms with Gasteiger partial charge in [0, 0.05) is 0 Å². The first-order valence-corrected chi connectivity index (χ1v) is 7.14. The second-order valence-electron chi connectivity index (χ2n) is 5.52. The quantitative estimate of drug-likeness (QED) is 0.800. The molecule has 1 aromatic carbocycles. The van der Waals surface area contributed by atoms with Crippen LogP contribution in [-0.4, -0.2) is 15.5 Å². The monoisotopic (exact) mass is 297 g/mol. The van der Waals surface area contributed by atoms with E-state index in [0.717, 1.165) is 6.42 Å². The molecule has 2 aromatic rings. The lowest BCUT2D eigenvalue weighted by Gasteiger charge is -2.11. The molecule has 6 heteroatoms. The van der Waals surface area contributed by atoms with Gasteiger partial charge in [0.25, 0.3) is 5.56 Å². The summed E-state index contributed by atoms with van der Waals surface area (Å²) in [5.74, 6) is 0.347. The number of nitriles is 1. The van der Waals surface area contributed by atoms with Crippen LogP contribution in [0.15, 0.2) is 29.1 Å². The summed E-state index contributed by atoms with van der Waals surface area (Å²) in [6.45, 7) is 1.78. The van der Waals surface area contributed by atoms with Gasteiger partial charge in [0.05, 0.1) is 22.9 Å². The summed E-state index contributed by atoms with van der Waals surface area (Å²) in [5.41, 5.74) is 0.241. The van der Waals surface area contributed by atoms with Crippen molar-refractivity contribution in [1.82, 2.24) is 9.55 Å². The normalized spacial score (nSPS) is 19.6. The van der Waals surface area contributed by atoms with Crippen molar-refractivity contribution in [3.63, 3.8) is 0 Å². The van der Waals surface area contributed by atoms with E-state index in [-0.39, 0.29) is 30.6 Å². The van der Waals surface area contributed by atoms with Crippen molar-refractivity contribution in [2.45, 2.75) is 26.5 Å². The van der Waals surface area contributed by atoms with Gasteiger partial charge >= 0.3 is 5.97 Å². The van der Waals surface area contributed by atoms with Crippen LogP contribution in [0.25, 0.3) is 10.9 Å². The van der Waals surface area contributed by atoms with Gasteiger partial charge in [0.15, 0.2) is 5.82 Å². The zero-order valence-corrected chi connectivity index (χ0v) is 12.2. The summed E-state index contributed by atoms with van der Waals surface area (Å²) < 4.78 is 6.50. The van der Waals surface area contributed by atoms with Gasteiger partial charge in [0.2, 0.25) is 0 Å². The minimum Gasteiger partial charge on any atom is -0.457 e. The minimum absolute atomic E-state index is 0.0448. The van der Waals surface area contributed by atoms with Crippen LogP contribution in [0.5, 0.6) is 0 Å². The molecule has 6 nitrogen and oxygen atoms in total. The molecule has 1 aliphatic carbocycles. The van der Waals surface area contributed by atoms with Crippen molar-refractivity contribution in [2.24, 2.45) is 11.8 Å². The molecule has 0 N–H and O–H groups in total. The molecule has 1 heterocycles. The van der Waals surface area contributed by atoms with E-state index in [1.165, 1.54) is 4.57 Å². The molecule has 0 saturated heterocycles. The number of aromatic nitrogens is 2. The highest BCUT2D eigenvalue weighted by Gasteiger charge is 2.40. The number of para-hydroxylation sites is 1. The van der Waals surface area contributed by atoms with E-state index in [1.807, 2.05) is 13.0 Å². The Hall–Kier alpha value is -2.68. The molecule has 3 rings (SSSR count). The van der Waals surface area contributed by atoms with Crippen LogP contribution in [0.1, 0.15) is 19.2 Å². The molecule has 1 saturated carbocycles. The topological polar surface area (TPSA) is 85.0 Å². The van der Waals surface area contributed by atoms with Crippen LogP contribution in [-0.2, 0) is 22.7 Å². The van der Waals surface area contributed by atoms with Gasteiger partial charge in [-0.15, -0.1) is 0 Å². The molecule has 2 atom stereocenters. The fourth-order valence-corrected chi connectivity index (χ4v) is 2.45. The molecule has 0 aliphatic heterocycles. The van der Waals surface area contributed by atoms with Crippen molar-refractivity contribution in [1.29, 1.82) is 5.26 Å². The molecule has 0 radical (unpaired) electrons. The molecular formula is C16H15N3O3. The third kappa shape index (κ3) is 2.58. The number of benzene rings is 1. The van der Waals surface area contributed by atoms with Crippen LogP contribution in [0.4, 0.5) is 0 Å². The summed E-state index contributed by atoms with van der Waals surface area (Å²) in [6, 6.07) is 8.86. The van der Waals surface area contributed by atoms with Crippen molar-refractivity contribution in [3.8, 4) is 6.07 Å². The average Bonchev–Trinajstić information content (AvgIpc) is 3.25. The van der Waals surface area contributed by atoms with Gasteiger partial charge in [-0.1, -0.05) is 19.1 Å². The molecule has 1 aromatic heterocycles. The second kappa shape index (κ2) is 5.60. The van der Waals surface area contributed by atoms with Crippen molar-refractivity contribution in [2.75, 3.05) is 0 Å². The van der Waals surface area contributed by atoms with E-state index in [0.29, 0.717) is 22.6 Å². The summed E-state index contributed by atoms with van der Waals surface area (Å²) in [7, 11) is 0. The first-order valence-electron chi connectivity index (χ1n) is 7.14. The Labute approximate surface area is 127 Å². The Bertz CT molecular complexity index is 835. The van der Waals surface area contributed by atoms with Gasteiger partial charge in [-0.25, -0.2) is 4.98 Å². The zero-order valence-electron chi connectivity index (χ0n) is 12.2. The summed E-state index contributed by atoms with van der Waals surface area (Å²) in [5, 5.41) is 9.35. The van der Waals surface area contributed by atoms with Crippen LogP contribution < -0.4 is 5.56 Å². The number of hydrogen-bond donors (Lipinski definition) is 0. The first kappa shape index (κ1) is 14.3. The summed E-state index contributed by atoms with van der Waals surface area (Å²) >= 11 is 0. The second-order valence-corrected chi connectivity index (χ2v) is 5.52. The zero-order chi connectivity index (χ0) is 15.7. The van der Waals surface area contributed by atoms with E-state index in [1.54, 1.807) is 24.3 Å². The van der Waals surface area contributed by atoms with Gasteiger partial charge < -0.3 is 4.74 Å². The lowest BCUT2D eigenvalue weighted by molar-refractivity contribution is -0.147. The molecular weight excluding hydrogens is 282 g/mol. The maximum atomic E-state index is 12.4. The highest BCUT2D eigenvalue weighted by atomic mass is 16.5. The smallest absolute Gasteiger partial charge is 0.309 e. The Balaban J connectivity index is 1.93. The standard InChI is InChI=1S/C16H15N3O3/c1-10-8-12(10)16(21)22-9-14-18-13-5-3-2-4-11(13)15(20)19(14)7-6-17/h2-5,10,12H,7-9H2,1H3/t10-,12-/m1/s1. The molecule has 0 unspecified atom stereocenters. The Kier molecular flexibility index (Phi) is 3.63. The average molecular weight is 297 g/mol. The van der Waals surface area contributed by atoms with E-state index in [9.17, 15) is 9.59 Å². The SMILES string of the molecule is C[C@@H]1C[C@H]1C(=O)OCc1nc2ccccc2c(=O)n1CC#N. The fraction of sp³-hybridized carbons (Fsp3) is 0.375. The maximum absolute atomic E-state index is 12.4. The van der Waals surface area contributed by atoms with Crippen molar-refractivity contribution in [3.05, 3.63) is 40.4 Å². The molecule has 0 spiro atoms. The molecule has 1 fully saturated rings. The molecule has 1 aliphatic rings. The number of carbonyl (C=O) groups is 1. The third-order valence-electron chi connectivity index (χ3n) is 3.93. The number of nitrogens with zero attached hydrogens (tertiary/aromatic N) is 3. The predicted octanol–water partition coefficient (Wildman–Crippen LogP) is 1.62. The lowest BCUT2D eigenvalue weighted by Crippen LogP contribution is -2.26. The molecule has 0 bridgehead atoms. The Morgan fingerprint density at radius 2 is 2.23 bits per heavy atom. The number of hydrogen-bond acceptors (Lipinski definition) is 5. The van der Waals surface area contributed by atoms with Crippen LogP contribution in [0.3, 0.4) is 0 Å².